The van der Waals surface area contributed by atoms with Crippen LogP contribution >= 0.6 is 0 Å². The number of aliphatic imine (C=N–C) groups is 1. The highest BCUT2D eigenvalue weighted by atomic mass is 19.1. The van der Waals surface area contributed by atoms with E-state index in [-0.39, 0.29) is 5.75 Å². The molecule has 0 atom stereocenters. The first-order valence-corrected chi connectivity index (χ1v) is 9.65. The summed E-state index contributed by atoms with van der Waals surface area (Å²) in [6, 6.07) is 12.0. The lowest BCUT2D eigenvalue weighted by molar-refractivity contribution is 0.105. The number of guanidine groups is 1. The van der Waals surface area contributed by atoms with Crippen LogP contribution < -0.4 is 15.4 Å². The molecule has 0 spiro atoms. The quantitative estimate of drug-likeness (QED) is 0.299. The lowest BCUT2D eigenvalue weighted by Gasteiger charge is -2.13. The Hall–Kier alpha value is -3.39. The smallest absolute Gasteiger partial charge is 0.191 e. The van der Waals surface area contributed by atoms with Crippen LogP contribution in [0, 0.1) is 5.82 Å². The van der Waals surface area contributed by atoms with Gasteiger partial charge >= 0.3 is 0 Å². The molecule has 0 saturated carbocycles. The van der Waals surface area contributed by atoms with Crippen molar-refractivity contribution in [3.8, 4) is 11.5 Å². The predicted octanol–water partition coefficient (Wildman–Crippen LogP) is 3.88. The molecule has 3 aromatic rings. The van der Waals surface area contributed by atoms with Crippen molar-refractivity contribution in [1.29, 1.82) is 0 Å². The van der Waals surface area contributed by atoms with E-state index in [2.05, 4.69) is 20.6 Å². The van der Waals surface area contributed by atoms with Crippen LogP contribution in [0.2, 0.25) is 0 Å². The maximum atomic E-state index is 14.3. The first kappa shape index (κ1) is 21.3. The summed E-state index contributed by atoms with van der Waals surface area (Å²) in [6.07, 6.45) is 5.61. The van der Waals surface area contributed by atoms with E-state index in [9.17, 15) is 4.39 Å². The van der Waals surface area contributed by atoms with E-state index in [1.54, 1.807) is 43.8 Å². The number of furan rings is 1. The van der Waals surface area contributed by atoms with Crippen molar-refractivity contribution in [2.45, 2.75) is 19.6 Å². The van der Waals surface area contributed by atoms with Crippen molar-refractivity contribution in [3.63, 3.8) is 0 Å². The normalized spacial score (nSPS) is 11.3. The minimum Gasteiger partial charge on any atom is -0.467 e. The third-order valence-corrected chi connectivity index (χ3v) is 4.12. The zero-order chi connectivity index (χ0) is 21.0. The molecule has 8 heteroatoms. The van der Waals surface area contributed by atoms with Crippen molar-refractivity contribution < 1.29 is 18.3 Å². The highest BCUT2D eigenvalue weighted by Gasteiger charge is 2.07. The molecule has 0 aliphatic carbocycles. The molecule has 0 radical (unpaired) electrons. The molecule has 30 heavy (non-hydrogen) atoms. The molecule has 158 valence electrons. The number of hydrogen-bond donors (Lipinski definition) is 2. The Bertz CT molecular complexity index is 917. The van der Waals surface area contributed by atoms with Gasteiger partial charge in [-0.15, -0.1) is 0 Å². The number of benzene rings is 1. The fourth-order valence-electron chi connectivity index (χ4n) is 2.63. The second kappa shape index (κ2) is 11.6. The molecule has 0 unspecified atom stereocenters. The van der Waals surface area contributed by atoms with E-state index in [0.717, 1.165) is 17.7 Å². The average molecular weight is 412 g/mol. The van der Waals surface area contributed by atoms with E-state index in [0.29, 0.717) is 38.0 Å². The van der Waals surface area contributed by atoms with Crippen LogP contribution in [0.3, 0.4) is 0 Å². The van der Waals surface area contributed by atoms with Gasteiger partial charge in [0.1, 0.15) is 18.1 Å². The molecule has 0 saturated heterocycles. The second-order valence-corrected chi connectivity index (χ2v) is 6.39. The Morgan fingerprint density at radius 1 is 1.20 bits per heavy atom. The van der Waals surface area contributed by atoms with Gasteiger partial charge in [-0.05, 0) is 48.4 Å². The summed E-state index contributed by atoms with van der Waals surface area (Å²) in [6.45, 7) is 2.20. The second-order valence-electron chi connectivity index (χ2n) is 6.39. The number of pyridine rings is 1. The van der Waals surface area contributed by atoms with Gasteiger partial charge in [0.05, 0.1) is 12.5 Å². The Kier molecular flexibility index (Phi) is 8.23. The van der Waals surface area contributed by atoms with E-state index in [1.807, 2.05) is 12.1 Å². The monoisotopic (exact) mass is 412 g/mol. The van der Waals surface area contributed by atoms with Gasteiger partial charge in [-0.2, -0.15) is 0 Å². The first-order chi connectivity index (χ1) is 14.7. The van der Waals surface area contributed by atoms with Crippen molar-refractivity contribution in [2.24, 2.45) is 4.99 Å². The molecular weight excluding hydrogens is 387 g/mol. The summed E-state index contributed by atoms with van der Waals surface area (Å²) < 4.78 is 30.6. The number of ether oxygens (including phenoxy) is 2. The Balaban J connectivity index is 1.37. The molecule has 0 amide bonds. The van der Waals surface area contributed by atoms with Crippen molar-refractivity contribution in [3.05, 3.63) is 78.3 Å². The van der Waals surface area contributed by atoms with E-state index in [1.165, 1.54) is 12.3 Å². The number of hydrogen-bond acceptors (Lipinski definition) is 5. The van der Waals surface area contributed by atoms with Gasteiger partial charge < -0.3 is 24.5 Å². The minimum absolute atomic E-state index is 0.156. The van der Waals surface area contributed by atoms with Gasteiger partial charge in [0.2, 0.25) is 0 Å². The fourth-order valence-corrected chi connectivity index (χ4v) is 2.63. The van der Waals surface area contributed by atoms with Crippen LogP contribution in [-0.4, -0.2) is 31.1 Å². The molecule has 1 aromatic carbocycles. The summed E-state index contributed by atoms with van der Waals surface area (Å²) >= 11 is 0. The molecule has 2 N–H and O–H groups in total. The van der Waals surface area contributed by atoms with E-state index in [4.69, 9.17) is 13.9 Å². The zero-order valence-corrected chi connectivity index (χ0v) is 16.8. The van der Waals surface area contributed by atoms with Gasteiger partial charge in [-0.25, -0.2) is 4.39 Å². The third-order valence-electron chi connectivity index (χ3n) is 4.12. The van der Waals surface area contributed by atoms with Crippen molar-refractivity contribution in [1.82, 2.24) is 15.6 Å². The lowest BCUT2D eigenvalue weighted by Crippen LogP contribution is -2.37. The fraction of sp³-hybridized carbons (Fsp3) is 0.273. The SMILES string of the molecule is CN=C(NCCCOCc1ccco1)NCc1ccc(Oc2cccnc2)c(F)c1. The Labute approximate surface area is 175 Å². The van der Waals surface area contributed by atoms with Gasteiger partial charge in [-0.3, -0.25) is 9.98 Å². The van der Waals surface area contributed by atoms with Crippen molar-refractivity contribution in [2.75, 3.05) is 20.2 Å². The summed E-state index contributed by atoms with van der Waals surface area (Å²) in [5.74, 6) is 1.65. The Morgan fingerprint density at radius 3 is 2.87 bits per heavy atom. The molecule has 2 aromatic heterocycles. The minimum atomic E-state index is -0.435. The number of nitrogens with one attached hydrogen (secondary N) is 2. The number of nitrogens with zero attached hydrogens (tertiary/aromatic N) is 2. The van der Waals surface area contributed by atoms with Crippen LogP contribution in [-0.2, 0) is 17.9 Å². The molecule has 7 nitrogen and oxygen atoms in total. The van der Waals surface area contributed by atoms with Crippen LogP contribution in [0.1, 0.15) is 17.7 Å². The highest BCUT2D eigenvalue weighted by molar-refractivity contribution is 5.79. The van der Waals surface area contributed by atoms with Gasteiger partial charge in [-0.1, -0.05) is 6.07 Å². The summed E-state index contributed by atoms with van der Waals surface area (Å²) in [7, 11) is 1.69. The van der Waals surface area contributed by atoms with Gasteiger partial charge in [0.15, 0.2) is 17.5 Å². The van der Waals surface area contributed by atoms with E-state index < -0.39 is 5.82 Å². The first-order valence-electron chi connectivity index (χ1n) is 9.65. The molecule has 0 bridgehead atoms. The summed E-state index contributed by atoms with van der Waals surface area (Å²) in [5.41, 5.74) is 0.774. The summed E-state index contributed by atoms with van der Waals surface area (Å²) in [4.78, 5) is 8.12. The van der Waals surface area contributed by atoms with E-state index >= 15 is 0 Å². The number of aromatic nitrogens is 1. The standard InChI is InChI=1S/C22H25FN4O3/c1-24-22(26-10-4-11-28-16-19-6-3-12-29-19)27-14-17-7-8-21(20(23)13-17)30-18-5-2-9-25-15-18/h2-3,5-9,12-13,15H,4,10-11,14,16H2,1H3,(H2,24,26,27). The topological polar surface area (TPSA) is 80.9 Å². The van der Waals surface area contributed by atoms with Gasteiger partial charge in [0.25, 0.3) is 0 Å². The highest BCUT2D eigenvalue weighted by Crippen LogP contribution is 2.24. The van der Waals surface area contributed by atoms with Crippen LogP contribution in [0.25, 0.3) is 0 Å². The molecule has 3 rings (SSSR count). The lowest BCUT2D eigenvalue weighted by atomic mass is 10.2. The maximum Gasteiger partial charge on any atom is 0.191 e. The Morgan fingerprint density at radius 2 is 2.13 bits per heavy atom. The molecule has 0 aliphatic rings. The predicted molar refractivity (Wildman–Crippen MR) is 112 cm³/mol. The zero-order valence-electron chi connectivity index (χ0n) is 16.8. The number of rotatable bonds is 10. The average Bonchev–Trinajstić information content (AvgIpc) is 3.29. The molecule has 2 heterocycles. The molecule has 0 fully saturated rings. The molecular formula is C22H25FN4O3. The number of halogens is 1. The van der Waals surface area contributed by atoms with Crippen molar-refractivity contribution >= 4 is 5.96 Å². The maximum absolute atomic E-state index is 14.3. The largest absolute Gasteiger partial charge is 0.467 e. The third kappa shape index (κ3) is 6.89. The van der Waals surface area contributed by atoms with Gasteiger partial charge in [0, 0.05) is 32.9 Å². The van der Waals surface area contributed by atoms with Crippen LogP contribution in [0.5, 0.6) is 11.5 Å². The molecule has 0 aliphatic heterocycles. The van der Waals surface area contributed by atoms with Crippen LogP contribution in [0.15, 0.2) is 70.5 Å². The van der Waals surface area contributed by atoms with Crippen LogP contribution in [0.4, 0.5) is 4.39 Å². The summed E-state index contributed by atoms with van der Waals surface area (Å²) in [5, 5.41) is 6.36.